The Morgan fingerprint density at radius 3 is 2.20 bits per heavy atom. The molecule has 1 heterocycles. The van der Waals surface area contributed by atoms with Gasteiger partial charge in [0.25, 0.3) is 5.91 Å². The van der Waals surface area contributed by atoms with Crippen LogP contribution in [0, 0.1) is 23.7 Å². The van der Waals surface area contributed by atoms with Gasteiger partial charge in [-0.05, 0) is 62.3 Å². The molecule has 1 saturated heterocycles. The van der Waals surface area contributed by atoms with Gasteiger partial charge in [0, 0.05) is 33.5 Å². The number of carbonyl (C=O) groups is 7. The maximum absolute atomic E-state index is 14.8. The van der Waals surface area contributed by atoms with E-state index in [0.717, 1.165) is 32.1 Å². The third-order valence-electron chi connectivity index (χ3n) is 11.1. The summed E-state index contributed by atoms with van der Waals surface area (Å²) in [6.07, 6.45) is 3.19. The minimum Gasteiger partial charge on any atom is -0.447 e. The molecule has 3 aliphatic carbocycles. The molecule has 5 rings (SSSR count). The molecule has 4 fully saturated rings. The SMILES string of the molecule is CC(C)OC(=O)NC(C(=O)N1C[C@@H]2CC(F)(F)C[C@@H]2C1C(=O)NC(CC1CC1)C(=O)C(=O)NCC(=O)NC(C(=O)N(C)C)c1ccccc1)C1CCCCC1. The third-order valence-corrected chi connectivity index (χ3v) is 11.1. The summed E-state index contributed by atoms with van der Waals surface area (Å²) >= 11 is 0. The molecule has 1 aromatic carbocycles. The fourth-order valence-electron chi connectivity index (χ4n) is 8.25. The maximum atomic E-state index is 14.8. The number of Topliss-reactive ketones (excluding diaryl/α,β-unsaturated/α-hetero) is 1. The minimum atomic E-state index is -3.05. The number of amides is 6. The molecule has 4 aliphatic rings. The molecule has 0 spiro atoms. The van der Waals surface area contributed by atoms with Gasteiger partial charge < -0.3 is 35.8 Å². The van der Waals surface area contributed by atoms with Crippen molar-refractivity contribution >= 4 is 41.4 Å². The van der Waals surface area contributed by atoms with Crippen molar-refractivity contribution in [3.8, 4) is 0 Å². The van der Waals surface area contributed by atoms with Gasteiger partial charge in [0.2, 0.25) is 35.3 Å². The maximum Gasteiger partial charge on any atom is 0.408 e. The number of alkyl halides is 2. The Hall–Kier alpha value is -4.63. The van der Waals surface area contributed by atoms with Crippen LogP contribution in [0.3, 0.4) is 0 Å². The summed E-state index contributed by atoms with van der Waals surface area (Å²) in [6.45, 7) is 2.57. The number of hydrogen-bond acceptors (Lipinski definition) is 8. The zero-order valence-electron chi connectivity index (χ0n) is 32.0. The van der Waals surface area contributed by atoms with Crippen LogP contribution in [0.4, 0.5) is 13.6 Å². The number of nitrogens with one attached hydrogen (secondary N) is 4. The lowest BCUT2D eigenvalue weighted by Crippen LogP contribution is -2.59. The highest BCUT2D eigenvalue weighted by Crippen LogP contribution is 2.50. The first-order valence-electron chi connectivity index (χ1n) is 19.4. The number of hydrogen-bond donors (Lipinski definition) is 4. The summed E-state index contributed by atoms with van der Waals surface area (Å²) in [5.41, 5.74) is 0.516. The average molecular weight is 773 g/mol. The van der Waals surface area contributed by atoms with E-state index in [2.05, 4.69) is 21.3 Å². The fraction of sp³-hybridized carbons (Fsp3) is 0.667. The molecule has 55 heavy (non-hydrogen) atoms. The van der Waals surface area contributed by atoms with Crippen LogP contribution in [0.1, 0.15) is 89.7 Å². The van der Waals surface area contributed by atoms with E-state index >= 15 is 0 Å². The van der Waals surface area contributed by atoms with Crippen molar-refractivity contribution in [2.75, 3.05) is 27.2 Å². The monoisotopic (exact) mass is 772 g/mol. The molecule has 0 bridgehead atoms. The lowest BCUT2D eigenvalue weighted by Gasteiger charge is -2.36. The topological polar surface area (TPSA) is 183 Å². The second kappa shape index (κ2) is 17.9. The summed E-state index contributed by atoms with van der Waals surface area (Å²) in [7, 11) is 3.07. The first kappa shape index (κ1) is 41.5. The number of rotatable bonds is 15. The highest BCUT2D eigenvalue weighted by Gasteiger charge is 2.59. The molecular weight excluding hydrogens is 718 g/mol. The van der Waals surface area contributed by atoms with Gasteiger partial charge in [-0.2, -0.15) is 0 Å². The first-order valence-corrected chi connectivity index (χ1v) is 19.4. The minimum absolute atomic E-state index is 0.0331. The van der Waals surface area contributed by atoms with Crippen LogP contribution < -0.4 is 21.3 Å². The highest BCUT2D eigenvalue weighted by molar-refractivity contribution is 6.38. The number of carbonyl (C=O) groups excluding carboxylic acids is 7. The van der Waals surface area contributed by atoms with E-state index < -0.39 is 109 Å². The zero-order valence-corrected chi connectivity index (χ0v) is 32.0. The van der Waals surface area contributed by atoms with Crippen molar-refractivity contribution in [3.05, 3.63) is 35.9 Å². The Labute approximate surface area is 320 Å². The van der Waals surface area contributed by atoms with E-state index in [1.54, 1.807) is 44.2 Å². The second-order valence-electron chi connectivity index (χ2n) is 16.0. The number of halogens is 2. The Balaban J connectivity index is 1.30. The number of alkyl carbamates (subject to hydrolysis) is 1. The summed E-state index contributed by atoms with van der Waals surface area (Å²) in [4.78, 5) is 96.5. The van der Waals surface area contributed by atoms with Gasteiger partial charge in [0.05, 0.1) is 18.7 Å². The molecule has 4 unspecified atom stereocenters. The van der Waals surface area contributed by atoms with Crippen LogP contribution in [0.15, 0.2) is 30.3 Å². The number of likely N-dealkylation sites (N-methyl/N-ethyl adjacent to an activating group) is 1. The second-order valence-corrected chi connectivity index (χ2v) is 16.0. The van der Waals surface area contributed by atoms with Crippen LogP contribution >= 0.6 is 0 Å². The van der Waals surface area contributed by atoms with E-state index in [-0.39, 0.29) is 24.8 Å². The number of ketones is 1. The largest absolute Gasteiger partial charge is 0.447 e. The van der Waals surface area contributed by atoms with Crippen molar-refractivity contribution in [3.63, 3.8) is 0 Å². The van der Waals surface area contributed by atoms with Gasteiger partial charge in [-0.3, -0.25) is 28.8 Å². The molecule has 0 radical (unpaired) electrons. The first-order chi connectivity index (χ1) is 26.0. The molecule has 0 aromatic heterocycles. The van der Waals surface area contributed by atoms with E-state index in [4.69, 9.17) is 4.74 Å². The molecule has 16 heteroatoms. The van der Waals surface area contributed by atoms with Gasteiger partial charge in [-0.15, -0.1) is 0 Å². The molecule has 14 nitrogen and oxygen atoms in total. The summed E-state index contributed by atoms with van der Waals surface area (Å²) in [5.74, 6) is -9.59. The predicted octanol–water partition coefficient (Wildman–Crippen LogP) is 2.86. The summed E-state index contributed by atoms with van der Waals surface area (Å²) in [6, 6.07) is 3.71. The average Bonchev–Trinajstić information content (AvgIpc) is 3.82. The number of nitrogens with zero attached hydrogens (tertiary/aromatic N) is 2. The number of likely N-dealkylation sites (tertiary alicyclic amines) is 1. The normalized spacial score (nSPS) is 23.5. The van der Waals surface area contributed by atoms with Crippen molar-refractivity contribution in [1.29, 1.82) is 0 Å². The van der Waals surface area contributed by atoms with E-state index in [1.165, 1.54) is 23.9 Å². The van der Waals surface area contributed by atoms with Gasteiger partial charge >= 0.3 is 6.09 Å². The van der Waals surface area contributed by atoms with Crippen molar-refractivity contribution in [1.82, 2.24) is 31.1 Å². The van der Waals surface area contributed by atoms with Gasteiger partial charge in [0.15, 0.2) is 0 Å². The fourth-order valence-corrected chi connectivity index (χ4v) is 8.25. The highest BCUT2D eigenvalue weighted by atomic mass is 19.3. The van der Waals surface area contributed by atoms with Crippen LogP contribution in [0.25, 0.3) is 0 Å². The standard InChI is InChI=1S/C39H54F2N6O8/c1-22(2)55-38(54)45-31(25-13-9-6-10-14-25)37(53)47-21-26-18-39(40,41)19-27(26)32(47)34(50)43-28(17-23-15-16-23)33(49)35(51)42-20-29(48)44-30(36(52)46(3)4)24-11-7-5-8-12-24/h5,7-8,11-12,22-23,25-28,30-32H,6,9-10,13-21H2,1-4H3,(H,42,51)(H,43,50)(H,44,48)(H,45,54)/t26-,27-,28?,30?,31?,32?/m0/s1. The van der Waals surface area contributed by atoms with Crippen LogP contribution in [-0.2, 0) is 33.5 Å². The van der Waals surface area contributed by atoms with Crippen LogP contribution in [0.5, 0.6) is 0 Å². The Morgan fingerprint density at radius 2 is 1.58 bits per heavy atom. The lowest BCUT2D eigenvalue weighted by atomic mass is 9.83. The van der Waals surface area contributed by atoms with Gasteiger partial charge in [0.1, 0.15) is 18.1 Å². The van der Waals surface area contributed by atoms with Crippen molar-refractivity contribution in [2.45, 2.75) is 114 Å². The molecule has 1 aromatic rings. The van der Waals surface area contributed by atoms with Crippen LogP contribution in [0.2, 0.25) is 0 Å². The summed E-state index contributed by atoms with van der Waals surface area (Å²) in [5, 5.41) is 10.2. The lowest BCUT2D eigenvalue weighted by molar-refractivity contribution is -0.145. The molecule has 4 N–H and O–H groups in total. The number of ether oxygens (including phenoxy) is 1. The van der Waals surface area contributed by atoms with Crippen LogP contribution in [-0.4, -0.2) is 109 Å². The van der Waals surface area contributed by atoms with E-state index in [1.807, 2.05) is 0 Å². The predicted molar refractivity (Wildman–Crippen MR) is 195 cm³/mol. The van der Waals surface area contributed by atoms with Crippen molar-refractivity contribution < 1.29 is 47.1 Å². The number of benzene rings is 1. The summed E-state index contributed by atoms with van der Waals surface area (Å²) < 4.78 is 34.9. The Morgan fingerprint density at radius 1 is 0.909 bits per heavy atom. The molecule has 1 aliphatic heterocycles. The molecule has 3 saturated carbocycles. The third kappa shape index (κ3) is 10.8. The van der Waals surface area contributed by atoms with E-state index in [9.17, 15) is 42.3 Å². The molecular formula is C39H54F2N6O8. The Kier molecular flexibility index (Phi) is 13.5. The zero-order chi connectivity index (χ0) is 40.0. The smallest absolute Gasteiger partial charge is 0.408 e. The quantitative estimate of drug-likeness (QED) is 0.196. The molecule has 6 atom stereocenters. The molecule has 302 valence electrons. The van der Waals surface area contributed by atoms with Crippen molar-refractivity contribution in [2.24, 2.45) is 23.7 Å². The van der Waals surface area contributed by atoms with Gasteiger partial charge in [-0.1, -0.05) is 62.4 Å². The van der Waals surface area contributed by atoms with Gasteiger partial charge in [-0.25, -0.2) is 13.6 Å². The molecule has 6 amide bonds. The Bertz CT molecular complexity index is 1600. The number of fused-ring (bicyclic) bond motifs is 1. The van der Waals surface area contributed by atoms with E-state index in [0.29, 0.717) is 18.4 Å².